The van der Waals surface area contributed by atoms with Crippen LogP contribution in [0.3, 0.4) is 0 Å². The van der Waals surface area contributed by atoms with Crippen molar-refractivity contribution in [3.05, 3.63) is 59.7 Å². The zero-order chi connectivity index (χ0) is 18.7. The van der Waals surface area contributed by atoms with Crippen LogP contribution in [0.25, 0.3) is 0 Å². The molecule has 136 valence electrons. The minimum atomic E-state index is -2.15. The molecule has 25 heavy (non-hydrogen) atoms. The molecular formula is C20H26FO3P. The Labute approximate surface area is 151 Å². The van der Waals surface area contributed by atoms with Crippen LogP contribution in [-0.4, -0.2) is 0 Å². The van der Waals surface area contributed by atoms with Crippen molar-refractivity contribution in [3.63, 3.8) is 0 Å². The highest BCUT2D eigenvalue weighted by Gasteiger charge is 2.20. The standard InChI is InChI=1S/C20H26FO3P/c1-19(2,3)15-7-11-17(12-8-15)22-25(24-21)23-18-13-9-16(10-14-18)20(4,5)6/h7-14H,1-6H3. The van der Waals surface area contributed by atoms with Crippen LogP contribution in [0, 0.1) is 0 Å². The topological polar surface area (TPSA) is 27.7 Å². The van der Waals surface area contributed by atoms with E-state index < -0.39 is 8.60 Å². The predicted molar refractivity (Wildman–Crippen MR) is 101 cm³/mol. The van der Waals surface area contributed by atoms with E-state index in [1.54, 1.807) is 24.3 Å². The van der Waals surface area contributed by atoms with Crippen LogP contribution in [0.15, 0.2) is 48.5 Å². The fraction of sp³-hybridized carbons (Fsp3) is 0.400. The van der Waals surface area contributed by atoms with Gasteiger partial charge in [-0.2, -0.15) is 0 Å². The van der Waals surface area contributed by atoms with Crippen molar-refractivity contribution in [2.45, 2.75) is 52.4 Å². The van der Waals surface area contributed by atoms with Gasteiger partial charge in [0.25, 0.3) is 0 Å². The van der Waals surface area contributed by atoms with Crippen molar-refractivity contribution in [1.29, 1.82) is 0 Å². The van der Waals surface area contributed by atoms with Crippen LogP contribution in [0.1, 0.15) is 52.7 Å². The van der Waals surface area contributed by atoms with E-state index in [2.05, 4.69) is 46.3 Å². The Balaban J connectivity index is 2.03. The fourth-order valence-corrected chi connectivity index (χ4v) is 2.93. The molecule has 0 spiro atoms. The molecular weight excluding hydrogens is 338 g/mol. The molecule has 0 aliphatic carbocycles. The van der Waals surface area contributed by atoms with Crippen LogP contribution in [-0.2, 0) is 15.6 Å². The number of rotatable bonds is 5. The molecule has 0 unspecified atom stereocenters. The molecule has 0 amide bonds. The first kappa shape index (κ1) is 19.7. The monoisotopic (exact) mass is 364 g/mol. The summed E-state index contributed by atoms with van der Waals surface area (Å²) >= 11 is 0. The Morgan fingerprint density at radius 2 is 0.960 bits per heavy atom. The molecule has 0 N–H and O–H groups in total. The van der Waals surface area contributed by atoms with Crippen molar-refractivity contribution >= 4 is 8.60 Å². The second-order valence-corrected chi connectivity index (χ2v) is 8.97. The zero-order valence-electron chi connectivity index (χ0n) is 15.7. The van der Waals surface area contributed by atoms with E-state index in [1.807, 2.05) is 24.3 Å². The van der Waals surface area contributed by atoms with E-state index in [-0.39, 0.29) is 10.8 Å². The Bertz CT molecular complexity index is 611. The molecule has 3 nitrogen and oxygen atoms in total. The first-order valence-corrected chi connectivity index (χ1v) is 9.35. The highest BCUT2D eigenvalue weighted by Crippen LogP contribution is 2.42. The van der Waals surface area contributed by atoms with Crippen LogP contribution >= 0.6 is 8.60 Å². The van der Waals surface area contributed by atoms with E-state index in [0.717, 1.165) is 0 Å². The molecule has 5 heteroatoms. The van der Waals surface area contributed by atoms with E-state index in [1.165, 1.54) is 11.1 Å². The first-order chi connectivity index (χ1) is 11.6. The Hall–Kier alpha value is -1.64. The lowest BCUT2D eigenvalue weighted by atomic mass is 9.87. The summed E-state index contributed by atoms with van der Waals surface area (Å²) in [6.45, 7) is 12.8. The number of hydrogen-bond donors (Lipinski definition) is 0. The molecule has 0 heterocycles. The number of hydrogen-bond acceptors (Lipinski definition) is 3. The largest absolute Gasteiger partial charge is 0.497 e. The maximum atomic E-state index is 12.8. The lowest BCUT2D eigenvalue weighted by Crippen LogP contribution is -2.10. The third-order valence-corrected chi connectivity index (χ3v) is 4.69. The van der Waals surface area contributed by atoms with Gasteiger partial charge in [0.15, 0.2) is 0 Å². The average Bonchev–Trinajstić information content (AvgIpc) is 2.53. The molecule has 0 atom stereocenters. The summed E-state index contributed by atoms with van der Waals surface area (Å²) in [7, 11) is -2.15. The molecule has 2 aromatic rings. The molecule has 0 fully saturated rings. The van der Waals surface area contributed by atoms with Gasteiger partial charge in [-0.05, 0) is 50.7 Å². The molecule has 0 saturated carbocycles. The molecule has 0 saturated heterocycles. The molecule has 0 aliphatic heterocycles. The van der Waals surface area contributed by atoms with Crippen molar-refractivity contribution in [1.82, 2.24) is 0 Å². The first-order valence-electron chi connectivity index (χ1n) is 8.25. The number of halogens is 1. The van der Waals surface area contributed by atoms with Crippen LogP contribution in [0.5, 0.6) is 11.5 Å². The molecule has 2 aromatic carbocycles. The summed E-state index contributed by atoms with van der Waals surface area (Å²) in [6.07, 6.45) is 0. The summed E-state index contributed by atoms with van der Waals surface area (Å²) in [4.78, 5) is 0. The zero-order valence-corrected chi connectivity index (χ0v) is 16.6. The van der Waals surface area contributed by atoms with Gasteiger partial charge in [-0.15, -0.1) is 0 Å². The quantitative estimate of drug-likeness (QED) is 0.542. The van der Waals surface area contributed by atoms with Crippen LogP contribution in [0.2, 0.25) is 0 Å². The van der Waals surface area contributed by atoms with Gasteiger partial charge in [0.05, 0.1) is 0 Å². The third-order valence-electron chi connectivity index (χ3n) is 3.86. The fourth-order valence-electron chi connectivity index (χ4n) is 2.25. The summed E-state index contributed by atoms with van der Waals surface area (Å²) < 4.78 is 27.7. The van der Waals surface area contributed by atoms with Crippen molar-refractivity contribution in [3.8, 4) is 11.5 Å². The predicted octanol–water partition coefficient (Wildman–Crippen LogP) is 6.87. The summed E-state index contributed by atoms with van der Waals surface area (Å²) in [5, 5.41) is 0. The van der Waals surface area contributed by atoms with Crippen LogP contribution < -0.4 is 9.05 Å². The Morgan fingerprint density at radius 3 is 1.20 bits per heavy atom. The van der Waals surface area contributed by atoms with Gasteiger partial charge in [0, 0.05) is 0 Å². The SMILES string of the molecule is CC(C)(C)c1ccc(OP(OF)Oc2ccc(C(C)(C)C)cc2)cc1. The van der Waals surface area contributed by atoms with Crippen LogP contribution in [0.4, 0.5) is 4.53 Å². The van der Waals surface area contributed by atoms with Crippen molar-refractivity contribution in [2.24, 2.45) is 0 Å². The molecule has 0 aliphatic rings. The average molecular weight is 364 g/mol. The lowest BCUT2D eigenvalue weighted by molar-refractivity contribution is -0.0157. The van der Waals surface area contributed by atoms with Crippen molar-refractivity contribution in [2.75, 3.05) is 0 Å². The Kier molecular flexibility index (Phi) is 6.08. The van der Waals surface area contributed by atoms with Gasteiger partial charge in [0.1, 0.15) is 11.5 Å². The second kappa shape index (κ2) is 7.72. The number of benzene rings is 2. The molecule has 0 aromatic heterocycles. The van der Waals surface area contributed by atoms with Crippen molar-refractivity contribution < 1.29 is 18.3 Å². The third kappa shape index (κ3) is 5.69. The highest BCUT2D eigenvalue weighted by molar-refractivity contribution is 7.42. The maximum absolute atomic E-state index is 12.8. The smallest absolute Gasteiger partial charge is 0.416 e. The normalized spacial score (nSPS) is 12.3. The van der Waals surface area contributed by atoms with E-state index in [0.29, 0.717) is 11.5 Å². The Morgan fingerprint density at radius 1 is 0.640 bits per heavy atom. The van der Waals surface area contributed by atoms with E-state index in [9.17, 15) is 4.53 Å². The summed E-state index contributed by atoms with van der Waals surface area (Å²) in [5.41, 5.74) is 2.43. The van der Waals surface area contributed by atoms with E-state index >= 15 is 0 Å². The minimum absolute atomic E-state index is 0.0468. The van der Waals surface area contributed by atoms with Gasteiger partial charge < -0.3 is 9.05 Å². The van der Waals surface area contributed by atoms with Gasteiger partial charge in [-0.3, -0.25) is 0 Å². The maximum Gasteiger partial charge on any atom is 0.497 e. The minimum Gasteiger partial charge on any atom is -0.416 e. The van der Waals surface area contributed by atoms with Gasteiger partial charge in [-0.1, -0.05) is 70.5 Å². The molecule has 2 rings (SSSR count). The van der Waals surface area contributed by atoms with Gasteiger partial charge in [0.2, 0.25) is 0 Å². The van der Waals surface area contributed by atoms with Gasteiger partial charge in [-0.25, -0.2) is 0 Å². The molecule has 0 bridgehead atoms. The summed E-state index contributed by atoms with van der Waals surface area (Å²) in [5.74, 6) is 1.01. The second-order valence-electron chi connectivity index (χ2n) is 8.02. The summed E-state index contributed by atoms with van der Waals surface area (Å²) in [6, 6.07) is 15.0. The highest BCUT2D eigenvalue weighted by atomic mass is 31.2. The van der Waals surface area contributed by atoms with E-state index in [4.69, 9.17) is 9.05 Å². The molecule has 0 radical (unpaired) electrons. The lowest BCUT2D eigenvalue weighted by Gasteiger charge is -2.20. The van der Waals surface area contributed by atoms with Gasteiger partial charge >= 0.3 is 8.60 Å².